The van der Waals surface area contributed by atoms with Crippen molar-refractivity contribution in [2.24, 2.45) is 0 Å². The summed E-state index contributed by atoms with van der Waals surface area (Å²) in [6, 6.07) is 17.5. The molecule has 2 aromatic carbocycles. The minimum atomic E-state index is -0.391. The average molecular weight is 428 g/mol. The van der Waals surface area contributed by atoms with Crippen LogP contribution in [-0.4, -0.2) is 38.3 Å². The number of carbonyl (C=O) groups excluding carboxylic acids is 1. The molecule has 1 aliphatic heterocycles. The summed E-state index contributed by atoms with van der Waals surface area (Å²) in [7, 11) is 3.36. The first kappa shape index (κ1) is 21.2. The van der Waals surface area contributed by atoms with E-state index in [2.05, 4.69) is 33.4 Å². The maximum atomic E-state index is 12.0. The molecule has 4 rings (SSSR count). The summed E-state index contributed by atoms with van der Waals surface area (Å²) >= 11 is 0. The van der Waals surface area contributed by atoms with Gasteiger partial charge in [0, 0.05) is 43.1 Å². The van der Waals surface area contributed by atoms with Gasteiger partial charge in [-0.2, -0.15) is 5.26 Å². The Balaban J connectivity index is 1.51. The fourth-order valence-corrected chi connectivity index (χ4v) is 3.84. The molecule has 1 atom stereocenters. The molecular formula is C25H24N4O3. The molecule has 0 spiro atoms. The van der Waals surface area contributed by atoms with Crippen molar-refractivity contribution in [2.75, 3.05) is 37.5 Å². The molecule has 32 heavy (non-hydrogen) atoms. The number of nitrogens with zero attached hydrogens (tertiary/aromatic N) is 3. The molecule has 0 bridgehead atoms. The van der Waals surface area contributed by atoms with E-state index in [-0.39, 0.29) is 5.92 Å². The minimum absolute atomic E-state index is 0.235. The first-order chi connectivity index (χ1) is 15.6. The highest BCUT2D eigenvalue weighted by Gasteiger charge is 2.23. The van der Waals surface area contributed by atoms with Crippen molar-refractivity contribution in [1.29, 1.82) is 5.26 Å². The highest BCUT2D eigenvalue weighted by Crippen LogP contribution is 2.38. The molecule has 162 valence electrons. The molecule has 0 saturated carbocycles. The van der Waals surface area contributed by atoms with E-state index in [4.69, 9.17) is 14.7 Å². The maximum absolute atomic E-state index is 12.0. The van der Waals surface area contributed by atoms with Crippen molar-refractivity contribution in [1.82, 2.24) is 4.98 Å². The molecule has 0 unspecified atom stereocenters. The topological polar surface area (TPSA) is 87.5 Å². The predicted octanol–water partition coefficient (Wildman–Crippen LogP) is 4.49. The first-order valence-corrected chi connectivity index (χ1v) is 10.4. The normalized spacial score (nSPS) is 14.5. The smallest absolute Gasteiger partial charge is 0.340 e. The molecule has 7 nitrogen and oxygen atoms in total. The third kappa shape index (κ3) is 4.35. The highest BCUT2D eigenvalue weighted by atomic mass is 16.5. The van der Waals surface area contributed by atoms with Gasteiger partial charge in [0.05, 0.1) is 42.8 Å². The number of hydrogen-bond donors (Lipinski definition) is 1. The van der Waals surface area contributed by atoms with Crippen LogP contribution in [0.3, 0.4) is 0 Å². The molecule has 0 fully saturated rings. The van der Waals surface area contributed by atoms with E-state index < -0.39 is 5.97 Å². The fraction of sp³-hybridized carbons (Fsp3) is 0.240. The van der Waals surface area contributed by atoms with Gasteiger partial charge in [0.1, 0.15) is 5.75 Å². The van der Waals surface area contributed by atoms with E-state index in [0.29, 0.717) is 30.0 Å². The van der Waals surface area contributed by atoms with Crippen LogP contribution in [0.15, 0.2) is 60.9 Å². The molecule has 0 aliphatic carbocycles. The summed E-state index contributed by atoms with van der Waals surface area (Å²) in [6.45, 7) is 1.27. The van der Waals surface area contributed by atoms with Crippen LogP contribution in [0.4, 0.5) is 17.1 Å². The Bertz CT molecular complexity index is 1150. The predicted molar refractivity (Wildman–Crippen MR) is 123 cm³/mol. The van der Waals surface area contributed by atoms with E-state index in [1.165, 1.54) is 7.11 Å². The van der Waals surface area contributed by atoms with Gasteiger partial charge in [-0.05, 0) is 48.4 Å². The number of pyridine rings is 1. The Kier molecular flexibility index (Phi) is 6.22. The molecule has 0 radical (unpaired) electrons. The van der Waals surface area contributed by atoms with Gasteiger partial charge in [0.15, 0.2) is 0 Å². The molecule has 7 heteroatoms. The van der Waals surface area contributed by atoms with Gasteiger partial charge in [0.25, 0.3) is 0 Å². The number of nitriles is 1. The first-order valence-electron chi connectivity index (χ1n) is 10.4. The summed E-state index contributed by atoms with van der Waals surface area (Å²) in [6.07, 6.45) is 4.09. The van der Waals surface area contributed by atoms with Crippen molar-refractivity contribution >= 4 is 23.0 Å². The zero-order valence-corrected chi connectivity index (χ0v) is 18.0. The van der Waals surface area contributed by atoms with Gasteiger partial charge >= 0.3 is 5.97 Å². The fourth-order valence-electron chi connectivity index (χ4n) is 3.84. The van der Waals surface area contributed by atoms with Crippen molar-refractivity contribution in [2.45, 2.75) is 12.3 Å². The summed E-state index contributed by atoms with van der Waals surface area (Å²) in [5.41, 5.74) is 4.88. The third-order valence-corrected chi connectivity index (χ3v) is 5.70. The van der Waals surface area contributed by atoms with Crippen LogP contribution in [0.2, 0.25) is 0 Å². The number of hydrogen-bond acceptors (Lipinski definition) is 7. The molecular weight excluding hydrogens is 404 g/mol. The van der Waals surface area contributed by atoms with Crippen LogP contribution in [0.1, 0.15) is 33.8 Å². The third-order valence-electron chi connectivity index (χ3n) is 5.70. The highest BCUT2D eigenvalue weighted by molar-refractivity contribution is 5.95. The molecule has 2 heterocycles. The number of rotatable bonds is 6. The van der Waals surface area contributed by atoms with E-state index in [0.717, 1.165) is 29.1 Å². The van der Waals surface area contributed by atoms with Crippen molar-refractivity contribution in [3.63, 3.8) is 0 Å². The number of nitrogens with one attached hydrogen (secondary N) is 1. The number of benzene rings is 2. The summed E-state index contributed by atoms with van der Waals surface area (Å²) < 4.78 is 10.8. The molecule has 0 amide bonds. The van der Waals surface area contributed by atoms with Crippen molar-refractivity contribution in [3.05, 3.63) is 77.6 Å². The quantitative estimate of drug-likeness (QED) is 0.579. The van der Waals surface area contributed by atoms with Gasteiger partial charge in [-0.3, -0.25) is 4.98 Å². The number of fused-ring (bicyclic) bond motifs is 1. The van der Waals surface area contributed by atoms with E-state index in [1.54, 1.807) is 18.5 Å². The lowest BCUT2D eigenvalue weighted by molar-refractivity contribution is 0.0601. The Morgan fingerprint density at radius 2 is 2.03 bits per heavy atom. The lowest BCUT2D eigenvalue weighted by Crippen LogP contribution is -2.22. The van der Waals surface area contributed by atoms with Crippen LogP contribution in [0.5, 0.6) is 5.75 Å². The molecule has 1 aromatic heterocycles. The van der Waals surface area contributed by atoms with Gasteiger partial charge < -0.3 is 19.7 Å². The van der Waals surface area contributed by atoms with Crippen LogP contribution < -0.4 is 15.0 Å². The van der Waals surface area contributed by atoms with Crippen LogP contribution >= 0.6 is 0 Å². The van der Waals surface area contributed by atoms with E-state index in [9.17, 15) is 4.79 Å². The zero-order chi connectivity index (χ0) is 22.5. The number of anilines is 3. The number of carbonyl (C=O) groups is 1. The lowest BCUT2D eigenvalue weighted by atomic mass is 9.92. The molecule has 3 aromatic rings. The monoisotopic (exact) mass is 428 g/mol. The molecule has 0 saturated heterocycles. The van der Waals surface area contributed by atoms with Crippen LogP contribution in [-0.2, 0) is 4.74 Å². The second-order valence-electron chi connectivity index (χ2n) is 7.57. The number of esters is 1. The zero-order valence-electron chi connectivity index (χ0n) is 18.0. The van der Waals surface area contributed by atoms with Crippen molar-refractivity contribution < 1.29 is 14.3 Å². The minimum Gasteiger partial charge on any atom is -0.493 e. The largest absolute Gasteiger partial charge is 0.493 e. The molecule has 1 N–H and O–H groups in total. The Hall–Kier alpha value is -4.05. The van der Waals surface area contributed by atoms with Gasteiger partial charge in [-0.15, -0.1) is 0 Å². The SMILES string of the molecule is COC(=O)c1ccncc1NC[C@@H]1CCOc2cc(N(C)c3ccc(C#N)cc3)ccc21. The Morgan fingerprint density at radius 1 is 1.25 bits per heavy atom. The number of ether oxygens (including phenoxy) is 2. The standard InChI is InChI=1S/C25H24N4O3/c1-29(19-5-3-17(14-26)4-6-19)20-7-8-21-18(10-12-32-24(21)13-20)15-28-23-16-27-11-9-22(23)25(30)31-2/h3-9,11,13,16,18,28H,10,12,15H2,1-2H3/t18-/m0/s1. The summed E-state index contributed by atoms with van der Waals surface area (Å²) in [5.74, 6) is 0.705. The van der Waals surface area contributed by atoms with Crippen LogP contribution in [0, 0.1) is 11.3 Å². The van der Waals surface area contributed by atoms with Gasteiger partial charge in [-0.25, -0.2) is 4.79 Å². The summed E-state index contributed by atoms with van der Waals surface area (Å²) in [4.78, 5) is 18.2. The number of aromatic nitrogens is 1. The lowest BCUT2D eigenvalue weighted by Gasteiger charge is -2.28. The Morgan fingerprint density at radius 3 is 2.78 bits per heavy atom. The van der Waals surface area contributed by atoms with Gasteiger partial charge in [0.2, 0.25) is 0 Å². The second-order valence-corrected chi connectivity index (χ2v) is 7.57. The van der Waals surface area contributed by atoms with E-state index >= 15 is 0 Å². The van der Waals surface area contributed by atoms with E-state index in [1.807, 2.05) is 37.4 Å². The second kappa shape index (κ2) is 9.40. The van der Waals surface area contributed by atoms with Gasteiger partial charge in [-0.1, -0.05) is 6.07 Å². The summed E-state index contributed by atoms with van der Waals surface area (Å²) in [5, 5.41) is 12.4. The Labute approximate surface area is 187 Å². The number of methoxy groups -OCH3 is 1. The average Bonchev–Trinajstić information content (AvgIpc) is 2.86. The van der Waals surface area contributed by atoms with Crippen LogP contribution in [0.25, 0.3) is 0 Å². The molecule has 1 aliphatic rings. The van der Waals surface area contributed by atoms with Crippen molar-refractivity contribution in [3.8, 4) is 11.8 Å². The maximum Gasteiger partial charge on any atom is 0.340 e.